The molecule has 1 amide bonds. The van der Waals surface area contributed by atoms with E-state index in [0.717, 1.165) is 32.1 Å². The Morgan fingerprint density at radius 2 is 1.89 bits per heavy atom. The molecule has 28 heavy (non-hydrogen) atoms. The molecule has 1 N–H and O–H groups in total. The first kappa shape index (κ1) is 24.7. The van der Waals surface area contributed by atoms with E-state index in [2.05, 4.69) is 26.1 Å². The van der Waals surface area contributed by atoms with Gasteiger partial charge in [-0.2, -0.15) is 0 Å². The van der Waals surface area contributed by atoms with Crippen LogP contribution in [0.1, 0.15) is 87.0 Å². The van der Waals surface area contributed by atoms with Gasteiger partial charge in [0.25, 0.3) is 0 Å². The second-order valence-electron chi connectivity index (χ2n) is 9.37. The van der Waals surface area contributed by atoms with Crippen LogP contribution in [0.5, 0.6) is 0 Å². The number of carbonyl (C=O) groups excluding carboxylic acids is 2. The second-order valence-corrected chi connectivity index (χ2v) is 9.37. The van der Waals surface area contributed by atoms with Crippen LogP contribution in [0.4, 0.5) is 4.79 Å². The van der Waals surface area contributed by atoms with Crippen molar-refractivity contribution in [3.8, 4) is 0 Å². The molecule has 1 saturated heterocycles. The number of ether oxygens (including phenoxy) is 3. The SMILES string of the molecule is CCC[C@H]1CCCC[C@H](NC(=O)OC(C)(C)C)C(=O)O[C@@H](C)[C@@H]1OCC(C)C. The zero-order chi connectivity index (χ0) is 21.3. The van der Waals surface area contributed by atoms with Crippen molar-refractivity contribution in [3.63, 3.8) is 0 Å². The van der Waals surface area contributed by atoms with Gasteiger partial charge < -0.3 is 19.5 Å². The molecule has 1 aliphatic heterocycles. The summed E-state index contributed by atoms with van der Waals surface area (Å²) >= 11 is 0. The Morgan fingerprint density at radius 1 is 1.25 bits per heavy atom. The van der Waals surface area contributed by atoms with Gasteiger partial charge in [0.15, 0.2) is 0 Å². The summed E-state index contributed by atoms with van der Waals surface area (Å²) in [5.41, 5.74) is -0.611. The van der Waals surface area contributed by atoms with Gasteiger partial charge in [0.1, 0.15) is 17.7 Å². The zero-order valence-electron chi connectivity index (χ0n) is 18.9. The van der Waals surface area contributed by atoms with Crippen LogP contribution in [0, 0.1) is 11.8 Å². The van der Waals surface area contributed by atoms with Gasteiger partial charge in [-0.05, 0) is 58.8 Å². The number of hydrogen-bond donors (Lipinski definition) is 1. The minimum Gasteiger partial charge on any atom is -0.458 e. The lowest BCUT2D eigenvalue weighted by atomic mass is 9.87. The summed E-state index contributed by atoms with van der Waals surface area (Å²) in [6.45, 7) is 14.3. The molecule has 1 fully saturated rings. The number of nitrogens with one attached hydrogen (secondary N) is 1. The zero-order valence-corrected chi connectivity index (χ0v) is 18.9. The Hall–Kier alpha value is -1.30. The van der Waals surface area contributed by atoms with Crippen LogP contribution in [0.15, 0.2) is 0 Å². The van der Waals surface area contributed by atoms with Gasteiger partial charge in [-0.25, -0.2) is 9.59 Å². The van der Waals surface area contributed by atoms with Crippen LogP contribution in [0.25, 0.3) is 0 Å². The molecule has 0 aliphatic carbocycles. The summed E-state index contributed by atoms with van der Waals surface area (Å²) in [4.78, 5) is 24.9. The van der Waals surface area contributed by atoms with E-state index in [4.69, 9.17) is 14.2 Å². The van der Waals surface area contributed by atoms with Crippen molar-refractivity contribution in [2.45, 2.75) is 111 Å². The summed E-state index contributed by atoms with van der Waals surface area (Å²) in [5.74, 6) is 0.387. The average Bonchev–Trinajstić information content (AvgIpc) is 2.54. The van der Waals surface area contributed by atoms with E-state index in [0.29, 0.717) is 24.9 Å². The third-order valence-corrected chi connectivity index (χ3v) is 4.80. The molecule has 0 aromatic rings. The Balaban J connectivity index is 2.85. The minimum atomic E-state index is -0.689. The van der Waals surface area contributed by atoms with E-state index in [1.165, 1.54) is 0 Å². The van der Waals surface area contributed by atoms with Crippen molar-refractivity contribution in [3.05, 3.63) is 0 Å². The maximum atomic E-state index is 12.7. The van der Waals surface area contributed by atoms with Crippen molar-refractivity contribution in [1.29, 1.82) is 0 Å². The standard InChI is InChI=1S/C22H41NO5/c1-8-11-17-12-9-10-13-18(23-21(25)28-22(5,6)7)20(24)27-16(4)19(17)26-14-15(2)3/h15-19H,8-14H2,1-7H3,(H,23,25)/t16-,17-,18-,19-/m0/s1. The highest BCUT2D eigenvalue weighted by molar-refractivity contribution is 5.81. The Morgan fingerprint density at radius 3 is 2.46 bits per heavy atom. The lowest BCUT2D eigenvalue weighted by Gasteiger charge is -2.34. The normalized spacial score (nSPS) is 27.2. The Kier molecular flexibility index (Phi) is 10.3. The first-order valence-electron chi connectivity index (χ1n) is 10.8. The van der Waals surface area contributed by atoms with Crippen LogP contribution < -0.4 is 5.32 Å². The van der Waals surface area contributed by atoms with Gasteiger partial charge in [-0.3, -0.25) is 0 Å². The lowest BCUT2D eigenvalue weighted by molar-refractivity contribution is -0.164. The van der Waals surface area contributed by atoms with E-state index in [1.807, 2.05) is 6.92 Å². The molecule has 1 rings (SSSR count). The molecule has 1 heterocycles. The summed E-state index contributed by atoms with van der Waals surface area (Å²) in [6, 6.07) is -0.689. The molecule has 4 atom stereocenters. The largest absolute Gasteiger partial charge is 0.458 e. The van der Waals surface area contributed by atoms with Crippen LogP contribution >= 0.6 is 0 Å². The minimum absolute atomic E-state index is 0.119. The van der Waals surface area contributed by atoms with Crippen LogP contribution in [0.2, 0.25) is 0 Å². The molecule has 0 aromatic heterocycles. The van der Waals surface area contributed by atoms with Crippen molar-refractivity contribution in [1.82, 2.24) is 5.32 Å². The van der Waals surface area contributed by atoms with Gasteiger partial charge in [-0.15, -0.1) is 0 Å². The van der Waals surface area contributed by atoms with Crippen molar-refractivity contribution < 1.29 is 23.8 Å². The quantitative estimate of drug-likeness (QED) is 0.647. The molecule has 1 aliphatic rings. The first-order chi connectivity index (χ1) is 13.0. The molecule has 0 saturated carbocycles. The predicted octanol–water partition coefficient (Wildman–Crippen LogP) is 4.84. The smallest absolute Gasteiger partial charge is 0.408 e. The molecule has 164 valence electrons. The van der Waals surface area contributed by atoms with Crippen molar-refractivity contribution in [2.24, 2.45) is 11.8 Å². The number of esters is 1. The summed E-state index contributed by atoms with van der Waals surface area (Å²) in [5, 5.41) is 2.69. The second kappa shape index (κ2) is 11.6. The third-order valence-electron chi connectivity index (χ3n) is 4.80. The molecule has 0 aromatic carbocycles. The molecule has 6 heteroatoms. The molecule has 0 unspecified atom stereocenters. The monoisotopic (exact) mass is 399 g/mol. The topological polar surface area (TPSA) is 73.9 Å². The highest BCUT2D eigenvalue weighted by atomic mass is 16.6. The van der Waals surface area contributed by atoms with E-state index in [1.54, 1.807) is 20.8 Å². The maximum Gasteiger partial charge on any atom is 0.408 e. The molecule has 6 nitrogen and oxygen atoms in total. The van der Waals surface area contributed by atoms with Gasteiger partial charge in [0.2, 0.25) is 0 Å². The lowest BCUT2D eigenvalue weighted by Crippen LogP contribution is -2.47. The van der Waals surface area contributed by atoms with E-state index >= 15 is 0 Å². The first-order valence-corrected chi connectivity index (χ1v) is 10.8. The van der Waals surface area contributed by atoms with E-state index in [9.17, 15) is 9.59 Å². The van der Waals surface area contributed by atoms with Gasteiger partial charge in [-0.1, -0.05) is 40.0 Å². The third kappa shape index (κ3) is 9.26. The molecular weight excluding hydrogens is 358 g/mol. The highest BCUT2D eigenvalue weighted by Crippen LogP contribution is 2.28. The molecular formula is C22H41NO5. The van der Waals surface area contributed by atoms with E-state index in [-0.39, 0.29) is 12.2 Å². The highest BCUT2D eigenvalue weighted by Gasteiger charge is 2.34. The number of cyclic esters (lactones) is 1. The van der Waals surface area contributed by atoms with Crippen LogP contribution in [-0.4, -0.2) is 42.5 Å². The average molecular weight is 400 g/mol. The fourth-order valence-electron chi connectivity index (χ4n) is 3.59. The maximum absolute atomic E-state index is 12.7. The molecule has 0 spiro atoms. The van der Waals surface area contributed by atoms with Crippen LogP contribution in [0.3, 0.4) is 0 Å². The number of alkyl carbamates (subject to hydrolysis) is 1. The number of amides is 1. The summed E-state index contributed by atoms with van der Waals surface area (Å²) in [7, 11) is 0. The predicted molar refractivity (Wildman–Crippen MR) is 110 cm³/mol. The Labute approximate surface area is 171 Å². The number of rotatable bonds is 6. The van der Waals surface area contributed by atoms with Crippen molar-refractivity contribution >= 4 is 12.1 Å². The molecule has 0 bridgehead atoms. The van der Waals surface area contributed by atoms with Gasteiger partial charge in [0.05, 0.1) is 6.10 Å². The van der Waals surface area contributed by atoms with E-state index < -0.39 is 23.7 Å². The van der Waals surface area contributed by atoms with Crippen molar-refractivity contribution in [2.75, 3.05) is 6.61 Å². The number of hydrogen-bond acceptors (Lipinski definition) is 5. The van der Waals surface area contributed by atoms with Gasteiger partial charge >= 0.3 is 12.1 Å². The van der Waals surface area contributed by atoms with Crippen LogP contribution in [-0.2, 0) is 19.0 Å². The van der Waals surface area contributed by atoms with Gasteiger partial charge in [0, 0.05) is 6.61 Å². The fraction of sp³-hybridized carbons (Fsp3) is 0.909. The summed E-state index contributed by atoms with van der Waals surface area (Å²) < 4.78 is 17.2. The molecule has 0 radical (unpaired) electrons. The summed E-state index contributed by atoms with van der Waals surface area (Å²) in [6.07, 6.45) is 4.52. The fourth-order valence-corrected chi connectivity index (χ4v) is 3.59. The number of carbonyl (C=O) groups is 2. The Bertz CT molecular complexity index is 486.